The fourth-order valence-electron chi connectivity index (χ4n) is 3.70. The first-order valence-electron chi connectivity index (χ1n) is 9.22. The average Bonchev–Trinajstić information content (AvgIpc) is 3.23. The lowest BCUT2D eigenvalue weighted by atomic mass is 9.77. The van der Waals surface area contributed by atoms with Crippen molar-refractivity contribution < 1.29 is 33.4 Å². The summed E-state index contributed by atoms with van der Waals surface area (Å²) >= 11 is 6.44. The van der Waals surface area contributed by atoms with Crippen LogP contribution in [0.5, 0.6) is 0 Å². The topological polar surface area (TPSA) is 99.2 Å². The van der Waals surface area contributed by atoms with Crippen molar-refractivity contribution in [1.82, 2.24) is 4.90 Å². The van der Waals surface area contributed by atoms with Crippen molar-refractivity contribution >= 4 is 55.6 Å². The Morgan fingerprint density at radius 2 is 1.69 bits per heavy atom. The van der Waals surface area contributed by atoms with Gasteiger partial charge in [-0.2, -0.15) is 0 Å². The molecule has 3 aliphatic heterocycles. The number of fused-ring (bicyclic) bond motifs is 5. The van der Waals surface area contributed by atoms with Gasteiger partial charge in [0.25, 0.3) is 0 Å². The number of hydrogen-bond acceptors (Lipinski definition) is 7. The lowest BCUT2D eigenvalue weighted by Gasteiger charge is -2.29. The predicted octanol–water partition coefficient (Wildman–Crippen LogP) is 1.73. The number of imide groups is 1. The van der Waals surface area contributed by atoms with E-state index >= 15 is 0 Å². The third-order valence-corrected chi connectivity index (χ3v) is 5.84. The number of ether oxygens (including phenoxy) is 3. The number of esters is 2. The van der Waals surface area contributed by atoms with Gasteiger partial charge in [-0.1, -0.05) is 37.9 Å². The van der Waals surface area contributed by atoms with E-state index in [1.807, 2.05) is 0 Å². The van der Waals surface area contributed by atoms with Crippen molar-refractivity contribution in [2.45, 2.75) is 48.0 Å². The van der Waals surface area contributed by atoms with Gasteiger partial charge in [0.1, 0.15) is 27.5 Å². The van der Waals surface area contributed by atoms with Gasteiger partial charge in [-0.05, 0) is 33.8 Å². The molecule has 0 aliphatic carbocycles. The molecule has 2 bridgehead atoms. The van der Waals surface area contributed by atoms with Gasteiger partial charge in [0.2, 0.25) is 11.8 Å². The monoisotopic (exact) mass is 535 g/mol. The Morgan fingerprint density at radius 1 is 1.10 bits per heavy atom. The highest BCUT2D eigenvalue weighted by Crippen LogP contribution is 2.52. The third kappa shape index (κ3) is 4.03. The number of amides is 2. The number of alkyl halides is 2. The second-order valence-corrected chi connectivity index (χ2v) is 12.4. The summed E-state index contributed by atoms with van der Waals surface area (Å²) < 4.78 is 14.7. The van der Waals surface area contributed by atoms with E-state index in [1.54, 1.807) is 39.8 Å². The molecule has 10 heteroatoms. The molecule has 2 unspecified atom stereocenters. The van der Waals surface area contributed by atoms with E-state index in [0.717, 1.165) is 4.90 Å². The zero-order chi connectivity index (χ0) is 21.8. The van der Waals surface area contributed by atoms with Gasteiger partial charge in [0.05, 0.1) is 24.5 Å². The van der Waals surface area contributed by atoms with Gasteiger partial charge < -0.3 is 14.2 Å². The van der Waals surface area contributed by atoms with Crippen molar-refractivity contribution in [2.75, 3.05) is 19.8 Å². The minimum absolute atomic E-state index is 0.0312. The molecule has 160 valence electrons. The van der Waals surface area contributed by atoms with Gasteiger partial charge in [-0.25, -0.2) is 0 Å². The van der Waals surface area contributed by atoms with Crippen LogP contribution < -0.4 is 0 Å². The van der Waals surface area contributed by atoms with E-state index in [9.17, 15) is 19.2 Å². The smallest absolute Gasteiger partial charge is 0.322 e. The van der Waals surface area contributed by atoms with Crippen LogP contribution in [0.25, 0.3) is 0 Å². The molecule has 2 fully saturated rings. The number of nitrogens with zero attached hydrogens (tertiary/aromatic N) is 1. The molecule has 0 aromatic rings. The summed E-state index contributed by atoms with van der Waals surface area (Å²) in [5.74, 6) is -3.17. The Labute approximate surface area is 185 Å². The van der Waals surface area contributed by atoms with Gasteiger partial charge in [0, 0.05) is 0 Å². The molecule has 3 heterocycles. The number of hydrogen-bond donors (Lipinski definition) is 0. The molecule has 2 saturated heterocycles. The molecule has 0 N–H and O–H groups in total. The highest BCUT2D eigenvalue weighted by Gasteiger charge is 2.68. The quantitative estimate of drug-likeness (QED) is 0.211. The normalized spacial score (nSPS) is 30.7. The molecule has 2 amide bonds. The van der Waals surface area contributed by atoms with Crippen molar-refractivity contribution in [2.24, 2.45) is 11.8 Å². The highest BCUT2D eigenvalue weighted by molar-refractivity contribution is 9.10. The Balaban J connectivity index is 1.68. The third-order valence-electron chi connectivity index (χ3n) is 5.19. The van der Waals surface area contributed by atoms with Crippen LogP contribution in [0.3, 0.4) is 0 Å². The van der Waals surface area contributed by atoms with Crippen LogP contribution in [-0.2, 0) is 33.4 Å². The summed E-state index contributed by atoms with van der Waals surface area (Å²) in [6, 6.07) is 0. The van der Waals surface area contributed by atoms with E-state index in [1.165, 1.54) is 0 Å². The zero-order valence-electron chi connectivity index (χ0n) is 16.6. The summed E-state index contributed by atoms with van der Waals surface area (Å²) in [4.78, 5) is 50.9. The van der Waals surface area contributed by atoms with E-state index in [0.29, 0.717) is 0 Å². The first kappa shape index (κ1) is 22.4. The molecule has 3 aliphatic rings. The maximum atomic E-state index is 13.0. The van der Waals surface area contributed by atoms with Crippen LogP contribution in [0.15, 0.2) is 12.2 Å². The van der Waals surface area contributed by atoms with Crippen molar-refractivity contribution in [3.63, 3.8) is 0 Å². The van der Waals surface area contributed by atoms with Crippen molar-refractivity contribution in [1.29, 1.82) is 0 Å². The Kier molecular flexibility index (Phi) is 5.77. The molecule has 0 saturated carbocycles. The number of likely N-dealkylation sites (tertiary alicyclic amines) is 1. The first-order valence-corrected chi connectivity index (χ1v) is 10.8. The number of halogens is 2. The van der Waals surface area contributed by atoms with Crippen molar-refractivity contribution in [3.8, 4) is 0 Å². The second-order valence-electron chi connectivity index (χ2n) is 8.39. The first-order chi connectivity index (χ1) is 13.3. The fraction of sp³-hybridized carbons (Fsp3) is 0.684. The molecule has 0 aromatic heterocycles. The molecular weight excluding hydrogens is 514 g/mol. The van der Waals surface area contributed by atoms with Crippen LogP contribution in [0, 0.1) is 11.8 Å². The Hall–Kier alpha value is -1.26. The average molecular weight is 537 g/mol. The van der Waals surface area contributed by atoms with Gasteiger partial charge >= 0.3 is 11.9 Å². The van der Waals surface area contributed by atoms with Gasteiger partial charge in [-0.3, -0.25) is 24.1 Å². The number of carbonyl (C=O) groups excluding carboxylic acids is 4. The van der Waals surface area contributed by atoms with E-state index in [-0.39, 0.29) is 25.7 Å². The lowest BCUT2D eigenvalue weighted by Crippen LogP contribution is -2.46. The molecule has 29 heavy (non-hydrogen) atoms. The SMILES string of the molecule is CC(C)(Br)C(=O)OCCN1C(=O)C2C(C1=O)[C@]1(COC(=O)C(C)(C)Br)C=C[C@H]2O1. The summed E-state index contributed by atoms with van der Waals surface area (Å²) in [5, 5.41) is 0. The van der Waals surface area contributed by atoms with Gasteiger partial charge in [0.15, 0.2) is 0 Å². The minimum Gasteiger partial charge on any atom is -0.463 e. The summed E-state index contributed by atoms with van der Waals surface area (Å²) in [6.45, 7) is 6.31. The summed E-state index contributed by atoms with van der Waals surface area (Å²) in [7, 11) is 0. The largest absolute Gasteiger partial charge is 0.463 e. The van der Waals surface area contributed by atoms with E-state index in [4.69, 9.17) is 14.2 Å². The standard InChI is InChI=1S/C19H23Br2NO7/c1-17(2,20)15(25)27-8-7-22-13(23)11-10-5-6-19(29-10,12(11)14(22)24)9-28-16(26)18(3,4)21/h5-6,10-12H,7-9H2,1-4H3/t10-,11?,12?,19-/m1/s1. The van der Waals surface area contributed by atoms with E-state index in [2.05, 4.69) is 31.9 Å². The maximum Gasteiger partial charge on any atom is 0.322 e. The Bertz CT molecular complexity index is 782. The predicted molar refractivity (Wildman–Crippen MR) is 108 cm³/mol. The minimum atomic E-state index is -1.15. The summed E-state index contributed by atoms with van der Waals surface area (Å²) in [6.07, 6.45) is 2.90. The van der Waals surface area contributed by atoms with Crippen LogP contribution in [0.1, 0.15) is 27.7 Å². The van der Waals surface area contributed by atoms with E-state index < -0.39 is 50.0 Å². The van der Waals surface area contributed by atoms with Crippen LogP contribution >= 0.6 is 31.9 Å². The maximum absolute atomic E-state index is 13.0. The van der Waals surface area contributed by atoms with Crippen LogP contribution in [0.2, 0.25) is 0 Å². The Morgan fingerprint density at radius 3 is 2.28 bits per heavy atom. The zero-order valence-corrected chi connectivity index (χ0v) is 19.7. The van der Waals surface area contributed by atoms with Crippen molar-refractivity contribution in [3.05, 3.63) is 12.2 Å². The van der Waals surface area contributed by atoms with Crippen LogP contribution in [0.4, 0.5) is 0 Å². The molecule has 0 radical (unpaired) electrons. The van der Waals surface area contributed by atoms with Crippen LogP contribution in [-0.4, -0.2) is 68.8 Å². The second kappa shape index (κ2) is 7.46. The molecule has 8 nitrogen and oxygen atoms in total. The molecule has 0 spiro atoms. The number of rotatable bonds is 7. The van der Waals surface area contributed by atoms with Gasteiger partial charge in [-0.15, -0.1) is 0 Å². The molecule has 4 atom stereocenters. The number of carbonyl (C=O) groups is 4. The molecule has 3 rings (SSSR count). The molecule has 0 aromatic carbocycles. The highest BCUT2D eigenvalue weighted by atomic mass is 79.9. The molecular formula is C19H23Br2NO7. The fourth-order valence-corrected chi connectivity index (χ4v) is 3.93. The lowest BCUT2D eigenvalue weighted by molar-refractivity contribution is -0.158. The summed E-state index contributed by atoms with van der Waals surface area (Å²) in [5.41, 5.74) is -1.15.